The minimum absolute atomic E-state index is 0.0742. The van der Waals surface area contributed by atoms with Gasteiger partial charge in [0.05, 0.1) is 0 Å². The van der Waals surface area contributed by atoms with Gasteiger partial charge in [-0.2, -0.15) is 0 Å². The Morgan fingerprint density at radius 2 is 1.90 bits per heavy atom. The average Bonchev–Trinajstić information content (AvgIpc) is 2.49. The Hall–Kier alpha value is -0.101. The molecule has 2 N–H and O–H groups in total. The van der Waals surface area contributed by atoms with Gasteiger partial charge >= 0.3 is 142 Å². The monoisotopic (exact) mass is 457 g/mol. The van der Waals surface area contributed by atoms with E-state index >= 15 is 0 Å². The Kier molecular flexibility index (Phi) is 6.99. The zero-order valence-electron chi connectivity index (χ0n) is 12.8. The van der Waals surface area contributed by atoms with Crippen LogP contribution in [0.25, 0.3) is 10.8 Å². The van der Waals surface area contributed by atoms with Crippen molar-refractivity contribution in [3.05, 3.63) is 47.5 Å². The summed E-state index contributed by atoms with van der Waals surface area (Å²) in [5, 5.41) is 2.57. The van der Waals surface area contributed by atoms with Crippen LogP contribution in [0, 0.1) is 0 Å². The van der Waals surface area contributed by atoms with Crippen molar-refractivity contribution < 1.29 is 3.07 Å². The van der Waals surface area contributed by atoms with E-state index in [0.29, 0.717) is 0 Å². The molecule has 2 unspecified atom stereocenters. The maximum atomic E-state index is 6.17. The summed E-state index contributed by atoms with van der Waals surface area (Å²) in [4.78, 5) is 0. The number of hydrogen-bond donors (Lipinski definition) is 1. The molecule has 0 heterocycles. The summed E-state index contributed by atoms with van der Waals surface area (Å²) in [6.07, 6.45) is 2.16. The van der Waals surface area contributed by atoms with Gasteiger partial charge in [-0.05, 0) is 0 Å². The summed E-state index contributed by atoms with van der Waals surface area (Å²) >= 11 is 1.88. The van der Waals surface area contributed by atoms with E-state index < -0.39 is 18.0 Å². The molecule has 4 heteroatoms. The first-order valence-corrected chi connectivity index (χ1v) is 18.7. The average molecular weight is 457 g/mol. The van der Waals surface area contributed by atoms with Crippen molar-refractivity contribution in [1.82, 2.24) is 0 Å². The first-order chi connectivity index (χ1) is 10.1. The van der Waals surface area contributed by atoms with Crippen molar-refractivity contribution in [2.24, 2.45) is 5.73 Å². The second kappa shape index (κ2) is 8.51. The van der Waals surface area contributed by atoms with Crippen LogP contribution in [0.5, 0.6) is 0 Å². The van der Waals surface area contributed by atoms with E-state index in [9.17, 15) is 0 Å². The van der Waals surface area contributed by atoms with Crippen molar-refractivity contribution in [3.8, 4) is 0 Å². The van der Waals surface area contributed by atoms with Crippen LogP contribution in [0.2, 0.25) is 4.44 Å². The van der Waals surface area contributed by atoms with Crippen LogP contribution < -0.4 is 5.73 Å². The summed E-state index contributed by atoms with van der Waals surface area (Å²) in [5.74, 6) is 0. The Bertz CT molecular complexity index is 588. The predicted octanol–water partition coefficient (Wildman–Crippen LogP) is 4.44. The summed E-state index contributed by atoms with van der Waals surface area (Å²) in [6.45, 7) is 5.11. The molecular formula is C17H24BrNOSn. The number of hydrogen-bond acceptors (Lipinski definition) is 2. The minimum atomic E-state index is -1.92. The third-order valence-corrected chi connectivity index (χ3v) is 12.3. The van der Waals surface area contributed by atoms with E-state index in [1.807, 2.05) is 0 Å². The summed E-state index contributed by atoms with van der Waals surface area (Å²) in [5.41, 5.74) is 8.82. The van der Waals surface area contributed by atoms with E-state index in [1.165, 1.54) is 26.3 Å². The predicted molar refractivity (Wildman–Crippen MR) is 97.4 cm³/mol. The van der Waals surface area contributed by atoms with Crippen LogP contribution in [-0.4, -0.2) is 24.6 Å². The molecule has 0 aliphatic rings. The number of benzene rings is 2. The van der Waals surface area contributed by atoms with E-state index in [1.54, 1.807) is 0 Å². The van der Waals surface area contributed by atoms with Crippen LogP contribution in [0.4, 0.5) is 0 Å². The molecule has 0 aromatic heterocycles. The number of halogens is 1. The number of rotatable bonds is 7. The van der Waals surface area contributed by atoms with Gasteiger partial charge < -0.3 is 0 Å². The van der Waals surface area contributed by atoms with E-state index in [0.717, 1.165) is 19.4 Å². The Morgan fingerprint density at radius 3 is 2.52 bits per heavy atom. The molecule has 0 fully saturated rings. The quantitative estimate of drug-likeness (QED) is 0.625. The molecule has 0 bridgehead atoms. The molecule has 21 heavy (non-hydrogen) atoms. The molecule has 0 saturated heterocycles. The SMILES string of the molecule is CCC[O][SnH]([Br])[CH2]Cc1cc2ccccc2cc1C(C)N. The van der Waals surface area contributed by atoms with Gasteiger partial charge in [0.2, 0.25) is 0 Å². The van der Waals surface area contributed by atoms with E-state index in [-0.39, 0.29) is 6.04 Å². The van der Waals surface area contributed by atoms with Gasteiger partial charge in [0.15, 0.2) is 0 Å². The molecule has 2 rings (SSSR count). The van der Waals surface area contributed by atoms with Crippen molar-refractivity contribution in [1.29, 1.82) is 0 Å². The Balaban J connectivity index is 2.18. The first kappa shape index (κ1) is 17.3. The summed E-state index contributed by atoms with van der Waals surface area (Å²) < 4.78 is 7.06. The molecule has 0 aliphatic heterocycles. The number of fused-ring (bicyclic) bond motifs is 1. The van der Waals surface area contributed by atoms with Crippen LogP contribution in [-0.2, 0) is 9.49 Å². The van der Waals surface area contributed by atoms with Gasteiger partial charge in [0.25, 0.3) is 0 Å². The molecule has 0 saturated carbocycles. The van der Waals surface area contributed by atoms with Gasteiger partial charge in [0, 0.05) is 0 Å². The second-order valence-electron chi connectivity index (χ2n) is 5.51. The third-order valence-electron chi connectivity index (χ3n) is 3.64. The van der Waals surface area contributed by atoms with Gasteiger partial charge in [-0.15, -0.1) is 0 Å². The normalized spacial score (nSPS) is 14.3. The number of aryl methyl sites for hydroxylation is 1. The molecule has 2 aromatic rings. The third kappa shape index (κ3) is 4.95. The molecule has 2 atom stereocenters. The molecule has 0 spiro atoms. The fraction of sp³-hybridized carbons (Fsp3) is 0.412. The molecule has 114 valence electrons. The standard InChI is InChI=1S/C14H16N.C3H7O.BrH.Sn.H/c1-3-11-8-12-6-4-5-7-13(12)9-14(11)10(2)15;1-2-3-4;;;/h4-10H,1,3,15H2,2H3;2-3H2,1H3;1H;;/q;-1;;+2;/p-1. The van der Waals surface area contributed by atoms with Gasteiger partial charge in [-0.3, -0.25) is 0 Å². The van der Waals surface area contributed by atoms with E-state index in [4.69, 9.17) is 8.81 Å². The zero-order valence-corrected chi connectivity index (χ0v) is 17.7. The van der Waals surface area contributed by atoms with Crippen LogP contribution in [0.15, 0.2) is 36.4 Å². The second-order valence-corrected chi connectivity index (χ2v) is 17.3. The van der Waals surface area contributed by atoms with Crippen LogP contribution in [0.1, 0.15) is 37.4 Å². The fourth-order valence-corrected chi connectivity index (χ4v) is 8.75. The molecule has 0 aliphatic carbocycles. The molecule has 2 nitrogen and oxygen atoms in total. The Labute approximate surface area is 141 Å². The van der Waals surface area contributed by atoms with Crippen molar-refractivity contribution in [2.75, 3.05) is 6.61 Å². The topological polar surface area (TPSA) is 35.2 Å². The Morgan fingerprint density at radius 1 is 1.24 bits per heavy atom. The van der Waals surface area contributed by atoms with Crippen molar-refractivity contribution >= 4 is 41.4 Å². The fourth-order valence-electron chi connectivity index (χ4n) is 2.54. The van der Waals surface area contributed by atoms with Crippen LogP contribution in [0.3, 0.4) is 0 Å². The molecule has 0 amide bonds. The van der Waals surface area contributed by atoms with E-state index in [2.05, 4.69) is 63.0 Å². The van der Waals surface area contributed by atoms with Crippen LogP contribution >= 0.6 is 12.7 Å². The zero-order chi connectivity index (χ0) is 15.2. The first-order valence-electron chi connectivity index (χ1n) is 7.64. The van der Waals surface area contributed by atoms with Gasteiger partial charge in [-0.1, -0.05) is 0 Å². The van der Waals surface area contributed by atoms with Crippen molar-refractivity contribution in [2.45, 2.75) is 37.2 Å². The number of nitrogens with two attached hydrogens (primary N) is 1. The summed E-state index contributed by atoms with van der Waals surface area (Å²) in [6, 6.07) is 13.1. The van der Waals surface area contributed by atoms with Gasteiger partial charge in [0.1, 0.15) is 0 Å². The molecule has 0 radical (unpaired) electrons. The van der Waals surface area contributed by atoms with Crippen molar-refractivity contribution in [3.63, 3.8) is 0 Å². The van der Waals surface area contributed by atoms with Gasteiger partial charge in [-0.25, -0.2) is 0 Å². The maximum absolute atomic E-state index is 6.17. The summed E-state index contributed by atoms with van der Waals surface area (Å²) in [7, 11) is 0. The molecular weight excluding hydrogens is 433 g/mol. The molecule has 2 aromatic carbocycles.